The van der Waals surface area contributed by atoms with Crippen LogP contribution in [0.1, 0.15) is 25.8 Å². The molecule has 1 N–H and O–H groups in total. The highest BCUT2D eigenvalue weighted by molar-refractivity contribution is 9.10. The molecule has 7 nitrogen and oxygen atoms in total. The Hall–Kier alpha value is -2.74. The summed E-state index contributed by atoms with van der Waals surface area (Å²) in [5, 5.41) is 3.35. The van der Waals surface area contributed by atoms with Gasteiger partial charge in [0.1, 0.15) is 0 Å². The van der Waals surface area contributed by atoms with E-state index in [1.807, 2.05) is 26.0 Å². The zero-order valence-corrected chi connectivity index (χ0v) is 17.3. The standard InChI is InChI=1S/C20H21BrN4O3/c1-13(2)28-19-6-3-14(11-23-19)10-22-18(26)7-8-25-12-24-17-5-4-15(21)9-16(17)20(25)27/h3-6,9,11-13H,7-8,10H2,1-2H3,(H,22,26). The second kappa shape index (κ2) is 8.97. The summed E-state index contributed by atoms with van der Waals surface area (Å²) in [6.07, 6.45) is 3.40. The van der Waals surface area contributed by atoms with Crippen molar-refractivity contribution < 1.29 is 9.53 Å². The molecule has 2 heterocycles. The van der Waals surface area contributed by atoms with E-state index in [0.29, 0.717) is 23.3 Å². The van der Waals surface area contributed by atoms with Crippen LogP contribution in [-0.2, 0) is 17.9 Å². The highest BCUT2D eigenvalue weighted by Gasteiger charge is 2.08. The Balaban J connectivity index is 1.55. The fraction of sp³-hybridized carbons (Fsp3) is 0.300. The minimum absolute atomic E-state index is 0.0622. The van der Waals surface area contributed by atoms with E-state index in [-0.39, 0.29) is 30.5 Å². The van der Waals surface area contributed by atoms with Crippen LogP contribution in [0.5, 0.6) is 5.88 Å². The average molecular weight is 445 g/mol. The summed E-state index contributed by atoms with van der Waals surface area (Å²) < 4.78 is 7.76. The molecule has 1 aromatic carbocycles. The van der Waals surface area contributed by atoms with Crippen LogP contribution in [0.25, 0.3) is 10.9 Å². The van der Waals surface area contributed by atoms with Gasteiger partial charge in [0.25, 0.3) is 5.56 Å². The van der Waals surface area contributed by atoms with Gasteiger partial charge in [-0.25, -0.2) is 9.97 Å². The maximum absolute atomic E-state index is 12.5. The summed E-state index contributed by atoms with van der Waals surface area (Å²) in [7, 11) is 0. The van der Waals surface area contributed by atoms with Crippen molar-refractivity contribution in [3.05, 3.63) is 63.2 Å². The van der Waals surface area contributed by atoms with Crippen molar-refractivity contribution >= 4 is 32.7 Å². The van der Waals surface area contributed by atoms with E-state index in [1.54, 1.807) is 24.4 Å². The van der Waals surface area contributed by atoms with Gasteiger partial charge in [-0.15, -0.1) is 0 Å². The summed E-state index contributed by atoms with van der Waals surface area (Å²) in [4.78, 5) is 33.1. The van der Waals surface area contributed by atoms with Crippen LogP contribution in [0.2, 0.25) is 0 Å². The van der Waals surface area contributed by atoms with Crippen LogP contribution < -0.4 is 15.6 Å². The van der Waals surface area contributed by atoms with Crippen molar-refractivity contribution in [1.82, 2.24) is 19.9 Å². The predicted octanol–water partition coefficient (Wildman–Crippen LogP) is 3.05. The molecule has 0 aliphatic carbocycles. The molecular formula is C20H21BrN4O3. The fourth-order valence-electron chi connectivity index (χ4n) is 2.63. The second-order valence-corrected chi connectivity index (χ2v) is 7.52. The Bertz CT molecular complexity index is 1030. The van der Waals surface area contributed by atoms with Crippen LogP contribution in [0.4, 0.5) is 0 Å². The van der Waals surface area contributed by atoms with Gasteiger partial charge in [-0.3, -0.25) is 14.2 Å². The molecule has 1 amide bonds. The summed E-state index contributed by atoms with van der Waals surface area (Å²) >= 11 is 3.36. The van der Waals surface area contributed by atoms with Crippen molar-refractivity contribution in [3.8, 4) is 5.88 Å². The molecule has 0 radical (unpaired) electrons. The van der Waals surface area contributed by atoms with Crippen molar-refractivity contribution in [2.24, 2.45) is 0 Å². The number of aryl methyl sites for hydroxylation is 1. The molecule has 0 saturated heterocycles. The minimum atomic E-state index is -0.163. The molecule has 0 aliphatic rings. The topological polar surface area (TPSA) is 86.1 Å². The summed E-state index contributed by atoms with van der Waals surface area (Å²) in [5.41, 5.74) is 1.34. The smallest absolute Gasteiger partial charge is 0.261 e. The number of carbonyl (C=O) groups excluding carboxylic acids is 1. The number of amides is 1. The molecule has 0 spiro atoms. The first-order chi connectivity index (χ1) is 13.4. The zero-order chi connectivity index (χ0) is 20.1. The number of halogens is 1. The van der Waals surface area contributed by atoms with E-state index < -0.39 is 0 Å². The monoisotopic (exact) mass is 444 g/mol. The van der Waals surface area contributed by atoms with Crippen molar-refractivity contribution in [1.29, 1.82) is 0 Å². The van der Waals surface area contributed by atoms with E-state index in [0.717, 1.165) is 10.0 Å². The Morgan fingerprint density at radius 2 is 2.07 bits per heavy atom. The minimum Gasteiger partial charge on any atom is -0.475 e. The number of hydrogen-bond donors (Lipinski definition) is 1. The number of hydrogen-bond acceptors (Lipinski definition) is 5. The van der Waals surface area contributed by atoms with E-state index in [9.17, 15) is 9.59 Å². The molecule has 0 fully saturated rings. The van der Waals surface area contributed by atoms with E-state index in [2.05, 4.69) is 31.2 Å². The van der Waals surface area contributed by atoms with E-state index in [1.165, 1.54) is 10.9 Å². The Kier molecular flexibility index (Phi) is 6.41. The van der Waals surface area contributed by atoms with Crippen molar-refractivity contribution in [2.75, 3.05) is 0 Å². The molecule has 0 bridgehead atoms. The van der Waals surface area contributed by atoms with Gasteiger partial charge < -0.3 is 10.1 Å². The van der Waals surface area contributed by atoms with Crippen LogP contribution in [0.15, 0.2) is 52.1 Å². The van der Waals surface area contributed by atoms with Gasteiger partial charge in [-0.05, 0) is 37.6 Å². The zero-order valence-electron chi connectivity index (χ0n) is 15.7. The summed E-state index contributed by atoms with van der Waals surface area (Å²) in [6.45, 7) is 4.50. The lowest BCUT2D eigenvalue weighted by Crippen LogP contribution is -2.27. The summed E-state index contributed by atoms with van der Waals surface area (Å²) in [6, 6.07) is 8.99. The maximum Gasteiger partial charge on any atom is 0.261 e. The number of fused-ring (bicyclic) bond motifs is 1. The number of nitrogens with one attached hydrogen (secondary N) is 1. The maximum atomic E-state index is 12.5. The molecule has 3 aromatic rings. The first-order valence-corrected chi connectivity index (χ1v) is 9.74. The number of rotatable bonds is 7. The molecule has 0 aliphatic heterocycles. The van der Waals surface area contributed by atoms with Gasteiger partial charge >= 0.3 is 0 Å². The lowest BCUT2D eigenvalue weighted by atomic mass is 10.2. The normalized spacial score (nSPS) is 11.0. The van der Waals surface area contributed by atoms with Gasteiger partial charge in [0.15, 0.2) is 0 Å². The Morgan fingerprint density at radius 1 is 1.25 bits per heavy atom. The van der Waals surface area contributed by atoms with E-state index >= 15 is 0 Å². The van der Waals surface area contributed by atoms with Crippen LogP contribution in [0.3, 0.4) is 0 Å². The largest absolute Gasteiger partial charge is 0.475 e. The molecular weight excluding hydrogens is 424 g/mol. The molecule has 0 atom stereocenters. The highest BCUT2D eigenvalue weighted by atomic mass is 79.9. The van der Waals surface area contributed by atoms with Gasteiger partial charge in [-0.2, -0.15) is 0 Å². The first kappa shape index (κ1) is 20.0. The summed E-state index contributed by atoms with van der Waals surface area (Å²) in [5.74, 6) is 0.406. The number of nitrogens with zero attached hydrogens (tertiary/aromatic N) is 3. The highest BCUT2D eigenvalue weighted by Crippen LogP contribution is 2.15. The molecule has 0 unspecified atom stereocenters. The average Bonchev–Trinajstić information content (AvgIpc) is 2.67. The Labute approximate surface area is 170 Å². The number of carbonyl (C=O) groups is 1. The first-order valence-electron chi connectivity index (χ1n) is 8.95. The Morgan fingerprint density at radius 3 is 2.79 bits per heavy atom. The van der Waals surface area contributed by atoms with Crippen LogP contribution >= 0.6 is 15.9 Å². The van der Waals surface area contributed by atoms with E-state index in [4.69, 9.17) is 4.74 Å². The molecule has 3 rings (SSSR count). The number of ether oxygens (including phenoxy) is 1. The fourth-order valence-corrected chi connectivity index (χ4v) is 2.99. The number of benzene rings is 1. The third-order valence-corrected chi connectivity index (χ3v) is 4.50. The molecule has 8 heteroatoms. The number of pyridine rings is 1. The lowest BCUT2D eigenvalue weighted by Gasteiger charge is -2.10. The second-order valence-electron chi connectivity index (χ2n) is 6.60. The third-order valence-electron chi connectivity index (χ3n) is 4.01. The molecule has 0 saturated carbocycles. The predicted molar refractivity (Wildman–Crippen MR) is 110 cm³/mol. The van der Waals surface area contributed by atoms with Crippen LogP contribution in [-0.4, -0.2) is 26.5 Å². The SMILES string of the molecule is CC(C)Oc1ccc(CNC(=O)CCn2cnc3ccc(Br)cc3c2=O)cn1. The van der Waals surface area contributed by atoms with Crippen LogP contribution in [0, 0.1) is 0 Å². The van der Waals surface area contributed by atoms with Gasteiger partial charge in [-0.1, -0.05) is 22.0 Å². The molecule has 146 valence electrons. The lowest BCUT2D eigenvalue weighted by molar-refractivity contribution is -0.121. The third kappa shape index (κ3) is 5.16. The van der Waals surface area contributed by atoms with Crippen molar-refractivity contribution in [3.63, 3.8) is 0 Å². The van der Waals surface area contributed by atoms with Crippen molar-refractivity contribution in [2.45, 2.75) is 39.5 Å². The molecule has 2 aromatic heterocycles. The molecule has 28 heavy (non-hydrogen) atoms. The van der Waals surface area contributed by atoms with Gasteiger partial charge in [0, 0.05) is 36.2 Å². The van der Waals surface area contributed by atoms with Gasteiger partial charge in [0.05, 0.1) is 23.3 Å². The quantitative estimate of drug-likeness (QED) is 0.604. The number of aromatic nitrogens is 3. The van der Waals surface area contributed by atoms with Gasteiger partial charge in [0.2, 0.25) is 11.8 Å².